The second-order valence-electron chi connectivity index (χ2n) is 5.25. The lowest BCUT2D eigenvalue weighted by atomic mass is 9.92. The monoisotopic (exact) mass is 354 g/mol. The largest absolute Gasteiger partial charge is 0.496 e. The maximum atomic E-state index is 12.3. The van der Waals surface area contributed by atoms with Gasteiger partial charge in [0.2, 0.25) is 11.8 Å². The van der Waals surface area contributed by atoms with Gasteiger partial charge in [0.05, 0.1) is 20.2 Å². The van der Waals surface area contributed by atoms with E-state index in [1.165, 1.54) is 0 Å². The van der Waals surface area contributed by atoms with E-state index >= 15 is 0 Å². The van der Waals surface area contributed by atoms with Gasteiger partial charge in [-0.3, -0.25) is 9.59 Å². The molecule has 0 radical (unpaired) electrons. The molecule has 1 aliphatic rings. The number of carbonyl (C=O) groups excluding carboxylic acids is 2. The number of benzene rings is 1. The first-order valence-corrected chi connectivity index (χ1v) is 7.63. The van der Waals surface area contributed by atoms with Gasteiger partial charge in [0, 0.05) is 10.0 Å². The number of nitrogens with one attached hydrogen (secondary N) is 1. The predicted molar refractivity (Wildman–Crippen MR) is 82.9 cm³/mol. The third-order valence-electron chi connectivity index (χ3n) is 4.05. The van der Waals surface area contributed by atoms with Crippen molar-refractivity contribution in [1.29, 1.82) is 0 Å². The van der Waals surface area contributed by atoms with Crippen LogP contribution < -0.4 is 10.1 Å². The average Bonchev–Trinajstić information content (AvgIpc) is 2.48. The molecule has 5 nitrogen and oxygen atoms in total. The number of hydrogen-bond donors (Lipinski definition) is 1. The number of piperazine rings is 1. The first kappa shape index (κ1) is 15.8. The van der Waals surface area contributed by atoms with Crippen LogP contribution in [0.3, 0.4) is 0 Å². The Morgan fingerprint density at radius 3 is 2.76 bits per heavy atom. The molecular formula is C15H19BrN2O3. The quantitative estimate of drug-likeness (QED) is 0.900. The van der Waals surface area contributed by atoms with Crippen molar-refractivity contribution in [2.45, 2.75) is 32.4 Å². The maximum Gasteiger partial charge on any atom is 0.246 e. The third kappa shape index (κ3) is 2.90. The van der Waals surface area contributed by atoms with Crippen LogP contribution in [0.15, 0.2) is 22.7 Å². The van der Waals surface area contributed by atoms with E-state index in [-0.39, 0.29) is 18.4 Å². The highest BCUT2D eigenvalue weighted by Gasteiger charge is 2.44. The highest BCUT2D eigenvalue weighted by atomic mass is 79.9. The summed E-state index contributed by atoms with van der Waals surface area (Å²) in [6.45, 7) is 4.09. The second-order valence-corrected chi connectivity index (χ2v) is 6.16. The Bertz CT molecular complexity index is 576. The molecule has 1 unspecified atom stereocenters. The van der Waals surface area contributed by atoms with Crippen LogP contribution in [-0.4, -0.2) is 35.9 Å². The zero-order valence-electron chi connectivity index (χ0n) is 12.4. The minimum atomic E-state index is -0.831. The first-order chi connectivity index (χ1) is 9.92. The Morgan fingerprint density at radius 2 is 2.14 bits per heavy atom. The lowest BCUT2D eigenvalue weighted by molar-refractivity contribution is -0.153. The highest BCUT2D eigenvalue weighted by molar-refractivity contribution is 9.10. The maximum absolute atomic E-state index is 12.3. The highest BCUT2D eigenvalue weighted by Crippen LogP contribution is 2.30. The Balaban J connectivity index is 2.37. The topological polar surface area (TPSA) is 58.6 Å². The van der Waals surface area contributed by atoms with Gasteiger partial charge in [-0.25, -0.2) is 0 Å². The Morgan fingerprint density at radius 1 is 1.43 bits per heavy atom. The number of nitrogens with zero attached hydrogens (tertiary/aromatic N) is 1. The number of amides is 2. The van der Waals surface area contributed by atoms with Gasteiger partial charge < -0.3 is 15.0 Å². The molecule has 2 amide bonds. The summed E-state index contributed by atoms with van der Waals surface area (Å²) >= 11 is 3.42. The fraction of sp³-hybridized carbons (Fsp3) is 0.467. The van der Waals surface area contributed by atoms with Crippen molar-refractivity contribution in [3.05, 3.63) is 28.2 Å². The van der Waals surface area contributed by atoms with Crippen molar-refractivity contribution in [2.75, 3.05) is 13.7 Å². The van der Waals surface area contributed by atoms with Crippen LogP contribution in [0.25, 0.3) is 0 Å². The fourth-order valence-electron chi connectivity index (χ4n) is 2.49. The van der Waals surface area contributed by atoms with Gasteiger partial charge in [-0.05, 0) is 31.5 Å². The van der Waals surface area contributed by atoms with Gasteiger partial charge in [-0.2, -0.15) is 0 Å². The van der Waals surface area contributed by atoms with Crippen molar-refractivity contribution in [1.82, 2.24) is 10.2 Å². The minimum Gasteiger partial charge on any atom is -0.496 e. The SMILES string of the molecule is CCC1(C)C(=O)NCC(=O)N1Cc1cc(Br)ccc1OC. The van der Waals surface area contributed by atoms with Crippen LogP contribution >= 0.6 is 15.9 Å². The predicted octanol–water partition coefficient (Wildman–Crippen LogP) is 2.08. The molecule has 1 aliphatic heterocycles. The minimum absolute atomic E-state index is 0.0464. The van der Waals surface area contributed by atoms with E-state index in [1.54, 1.807) is 18.9 Å². The van der Waals surface area contributed by atoms with Gasteiger partial charge in [0.25, 0.3) is 0 Å². The molecule has 0 spiro atoms. The number of methoxy groups -OCH3 is 1. The lowest BCUT2D eigenvalue weighted by Crippen LogP contribution is -2.65. The summed E-state index contributed by atoms with van der Waals surface area (Å²) in [4.78, 5) is 26.1. The molecule has 21 heavy (non-hydrogen) atoms. The zero-order chi connectivity index (χ0) is 15.6. The Kier molecular flexibility index (Phi) is 4.56. The number of rotatable bonds is 4. The van der Waals surface area contributed by atoms with Crippen molar-refractivity contribution in [3.63, 3.8) is 0 Å². The van der Waals surface area contributed by atoms with E-state index in [9.17, 15) is 9.59 Å². The van der Waals surface area contributed by atoms with Crippen LogP contribution in [0.4, 0.5) is 0 Å². The van der Waals surface area contributed by atoms with Crippen LogP contribution in [0.2, 0.25) is 0 Å². The zero-order valence-corrected chi connectivity index (χ0v) is 14.0. The third-order valence-corrected chi connectivity index (χ3v) is 4.54. The molecule has 0 bridgehead atoms. The number of carbonyl (C=O) groups is 2. The summed E-state index contributed by atoms with van der Waals surface area (Å²) in [5.41, 5.74) is 0.0393. The molecule has 1 N–H and O–H groups in total. The summed E-state index contributed by atoms with van der Waals surface area (Å²) in [5, 5.41) is 2.66. The molecule has 1 atom stereocenters. The van der Waals surface area contributed by atoms with Crippen LogP contribution in [0.5, 0.6) is 5.75 Å². The summed E-state index contributed by atoms with van der Waals surface area (Å²) in [6.07, 6.45) is 0.556. The molecule has 0 aromatic heterocycles. The van der Waals surface area contributed by atoms with Gasteiger partial charge in [0.15, 0.2) is 0 Å². The van der Waals surface area contributed by atoms with Gasteiger partial charge in [0.1, 0.15) is 11.3 Å². The van der Waals surface area contributed by atoms with E-state index in [2.05, 4.69) is 21.2 Å². The van der Waals surface area contributed by atoms with Crippen molar-refractivity contribution < 1.29 is 14.3 Å². The molecule has 1 heterocycles. The average molecular weight is 355 g/mol. The summed E-state index contributed by atoms with van der Waals surface area (Å²) in [6, 6.07) is 5.64. The molecule has 6 heteroatoms. The molecular weight excluding hydrogens is 336 g/mol. The lowest BCUT2D eigenvalue weighted by Gasteiger charge is -2.43. The summed E-state index contributed by atoms with van der Waals surface area (Å²) in [7, 11) is 1.59. The molecule has 2 rings (SSSR count). The van der Waals surface area contributed by atoms with Crippen LogP contribution in [0.1, 0.15) is 25.8 Å². The number of ether oxygens (including phenoxy) is 1. The number of hydrogen-bond acceptors (Lipinski definition) is 3. The van der Waals surface area contributed by atoms with Gasteiger partial charge in [-0.15, -0.1) is 0 Å². The summed E-state index contributed by atoms with van der Waals surface area (Å²) < 4.78 is 6.25. The standard InChI is InChI=1S/C15H19BrN2O3/c1-4-15(2)14(20)17-8-13(19)18(15)9-10-7-11(16)5-6-12(10)21-3/h5-7H,4,8-9H2,1-3H3,(H,17,20). The van der Waals surface area contributed by atoms with E-state index in [1.807, 2.05) is 25.1 Å². The van der Waals surface area contributed by atoms with Gasteiger partial charge >= 0.3 is 0 Å². The molecule has 0 aliphatic carbocycles. The van der Waals surface area contributed by atoms with Crippen LogP contribution in [0, 0.1) is 0 Å². The van der Waals surface area contributed by atoms with Gasteiger partial charge in [-0.1, -0.05) is 22.9 Å². The van der Waals surface area contributed by atoms with Crippen molar-refractivity contribution in [3.8, 4) is 5.75 Å². The molecule has 1 aromatic carbocycles. The number of halogens is 1. The van der Waals surface area contributed by atoms with Crippen molar-refractivity contribution >= 4 is 27.7 Å². The smallest absolute Gasteiger partial charge is 0.246 e. The normalized spacial score (nSPS) is 22.2. The van der Waals surface area contributed by atoms with Crippen LogP contribution in [-0.2, 0) is 16.1 Å². The summed E-state index contributed by atoms with van der Waals surface area (Å²) in [5.74, 6) is 0.509. The first-order valence-electron chi connectivity index (χ1n) is 6.83. The molecule has 1 fully saturated rings. The van der Waals surface area contributed by atoms with E-state index in [0.717, 1.165) is 10.0 Å². The second kappa shape index (κ2) is 6.05. The van der Waals surface area contributed by atoms with E-state index in [0.29, 0.717) is 18.7 Å². The molecule has 1 aromatic rings. The van der Waals surface area contributed by atoms with E-state index < -0.39 is 5.54 Å². The van der Waals surface area contributed by atoms with Crippen molar-refractivity contribution in [2.24, 2.45) is 0 Å². The Labute approximate surface area is 132 Å². The molecule has 0 saturated carbocycles. The Hall–Kier alpha value is -1.56. The molecule has 1 saturated heterocycles. The van der Waals surface area contributed by atoms with E-state index in [4.69, 9.17) is 4.74 Å². The molecule has 114 valence electrons. The fourth-order valence-corrected chi connectivity index (χ4v) is 2.90.